The van der Waals surface area contributed by atoms with Gasteiger partial charge in [0.1, 0.15) is 5.82 Å². The smallest absolute Gasteiger partial charge is 0.259 e. The first kappa shape index (κ1) is 21.6. The molecule has 5 nitrogen and oxygen atoms in total. The van der Waals surface area contributed by atoms with Crippen molar-refractivity contribution in [3.8, 4) is 11.3 Å². The standard InChI is InChI=1S/C23H21ClFN3O2S/c1-30-11-10-27(13-16-2-6-18(24)7-3-16)14-20-12-22(29)28-21(15-31-23(28)26-20)17-4-8-19(25)9-5-17/h2-9,12,15H,10-11,13-14H2,1H3. The van der Waals surface area contributed by atoms with Crippen LogP contribution in [0.5, 0.6) is 0 Å². The number of hydrogen-bond donors (Lipinski definition) is 0. The lowest BCUT2D eigenvalue weighted by Gasteiger charge is -2.21. The topological polar surface area (TPSA) is 46.8 Å². The Morgan fingerprint density at radius 1 is 1.13 bits per heavy atom. The van der Waals surface area contributed by atoms with E-state index in [-0.39, 0.29) is 11.4 Å². The molecule has 160 valence electrons. The fraction of sp³-hybridized carbons (Fsp3) is 0.217. The largest absolute Gasteiger partial charge is 0.383 e. The molecular weight excluding hydrogens is 437 g/mol. The molecule has 2 heterocycles. The van der Waals surface area contributed by atoms with Crippen molar-refractivity contribution in [1.29, 1.82) is 0 Å². The van der Waals surface area contributed by atoms with Gasteiger partial charge in [-0.15, -0.1) is 11.3 Å². The third-order valence-corrected chi connectivity index (χ3v) is 5.99. The molecule has 2 aromatic heterocycles. The van der Waals surface area contributed by atoms with Gasteiger partial charge in [-0.3, -0.25) is 14.1 Å². The Hall–Kier alpha value is -2.58. The summed E-state index contributed by atoms with van der Waals surface area (Å²) in [6.45, 7) is 2.47. The molecular formula is C23H21ClFN3O2S. The SMILES string of the molecule is COCCN(Cc1ccc(Cl)cc1)Cc1cc(=O)n2c(-c3ccc(F)cc3)csc2n1. The minimum atomic E-state index is -0.312. The van der Waals surface area contributed by atoms with Crippen molar-refractivity contribution in [3.05, 3.63) is 92.4 Å². The summed E-state index contributed by atoms with van der Waals surface area (Å²) in [5, 5.41) is 2.57. The molecule has 0 bridgehead atoms. The Labute approximate surface area is 188 Å². The number of thiazole rings is 1. The summed E-state index contributed by atoms with van der Waals surface area (Å²) in [6, 6.07) is 15.4. The van der Waals surface area contributed by atoms with Gasteiger partial charge in [0.25, 0.3) is 5.56 Å². The molecule has 4 rings (SSSR count). The van der Waals surface area contributed by atoms with Crippen LogP contribution in [-0.4, -0.2) is 34.5 Å². The summed E-state index contributed by atoms with van der Waals surface area (Å²) in [5.41, 5.74) is 3.14. The van der Waals surface area contributed by atoms with Crippen LogP contribution < -0.4 is 5.56 Å². The predicted octanol–water partition coefficient (Wildman–Crippen LogP) is 4.86. The first-order valence-corrected chi connectivity index (χ1v) is 11.0. The van der Waals surface area contributed by atoms with Crippen LogP contribution in [0.25, 0.3) is 16.2 Å². The first-order valence-electron chi connectivity index (χ1n) is 9.75. The van der Waals surface area contributed by atoms with Crippen LogP contribution in [0, 0.1) is 5.82 Å². The summed E-state index contributed by atoms with van der Waals surface area (Å²) < 4.78 is 20.1. The van der Waals surface area contributed by atoms with E-state index in [1.54, 1.807) is 29.7 Å². The average Bonchev–Trinajstić information content (AvgIpc) is 3.19. The first-order chi connectivity index (χ1) is 15.0. The average molecular weight is 458 g/mol. The van der Waals surface area contributed by atoms with Gasteiger partial charge in [-0.2, -0.15) is 0 Å². The van der Waals surface area contributed by atoms with E-state index in [1.165, 1.54) is 23.5 Å². The number of fused-ring (bicyclic) bond motifs is 1. The summed E-state index contributed by atoms with van der Waals surface area (Å²) in [7, 11) is 1.67. The van der Waals surface area contributed by atoms with Gasteiger partial charge < -0.3 is 4.74 Å². The Bertz CT molecular complexity index is 1220. The number of benzene rings is 2. The number of aromatic nitrogens is 2. The van der Waals surface area contributed by atoms with Crippen LogP contribution in [0.2, 0.25) is 5.02 Å². The van der Waals surface area contributed by atoms with Crippen molar-refractivity contribution in [1.82, 2.24) is 14.3 Å². The second-order valence-corrected chi connectivity index (χ2v) is 8.43. The van der Waals surface area contributed by atoms with E-state index >= 15 is 0 Å². The van der Waals surface area contributed by atoms with Crippen LogP contribution in [-0.2, 0) is 17.8 Å². The Morgan fingerprint density at radius 3 is 2.58 bits per heavy atom. The Morgan fingerprint density at radius 2 is 1.87 bits per heavy atom. The summed E-state index contributed by atoms with van der Waals surface area (Å²) in [5.74, 6) is -0.312. The molecule has 8 heteroatoms. The van der Waals surface area contributed by atoms with Gasteiger partial charge in [-0.1, -0.05) is 23.7 Å². The van der Waals surface area contributed by atoms with Crippen LogP contribution in [0.1, 0.15) is 11.3 Å². The quantitative estimate of drug-likeness (QED) is 0.379. The highest BCUT2D eigenvalue weighted by molar-refractivity contribution is 7.15. The minimum absolute atomic E-state index is 0.154. The van der Waals surface area contributed by atoms with E-state index in [1.807, 2.05) is 29.6 Å². The molecule has 0 unspecified atom stereocenters. The number of halogens is 2. The monoisotopic (exact) mass is 457 g/mol. The number of hydrogen-bond acceptors (Lipinski definition) is 5. The lowest BCUT2D eigenvalue weighted by atomic mass is 10.2. The fourth-order valence-corrected chi connectivity index (χ4v) is 4.43. The Kier molecular flexibility index (Phi) is 6.77. The zero-order valence-corrected chi connectivity index (χ0v) is 18.5. The summed E-state index contributed by atoms with van der Waals surface area (Å²) in [4.78, 5) is 20.4. The molecule has 0 radical (unpaired) electrons. The van der Waals surface area contributed by atoms with Gasteiger partial charge in [-0.25, -0.2) is 9.37 Å². The zero-order chi connectivity index (χ0) is 21.8. The van der Waals surface area contributed by atoms with Gasteiger partial charge in [0.2, 0.25) is 0 Å². The van der Waals surface area contributed by atoms with Crippen molar-refractivity contribution >= 4 is 27.9 Å². The van der Waals surface area contributed by atoms with Crippen LogP contribution >= 0.6 is 22.9 Å². The molecule has 0 fully saturated rings. The van der Waals surface area contributed by atoms with Gasteiger partial charge in [0.15, 0.2) is 4.96 Å². The van der Waals surface area contributed by atoms with E-state index in [2.05, 4.69) is 4.90 Å². The molecule has 4 aromatic rings. The maximum absolute atomic E-state index is 13.3. The van der Waals surface area contributed by atoms with Gasteiger partial charge >= 0.3 is 0 Å². The van der Waals surface area contributed by atoms with E-state index in [4.69, 9.17) is 21.3 Å². The molecule has 0 N–H and O–H groups in total. The van der Waals surface area contributed by atoms with Crippen LogP contribution in [0.15, 0.2) is 64.8 Å². The number of methoxy groups -OCH3 is 1. The third-order valence-electron chi connectivity index (χ3n) is 4.91. The van der Waals surface area contributed by atoms with Gasteiger partial charge in [0.05, 0.1) is 18.0 Å². The third kappa shape index (κ3) is 5.19. The molecule has 0 saturated heterocycles. The summed E-state index contributed by atoms with van der Waals surface area (Å²) >= 11 is 7.38. The molecule has 0 aliphatic carbocycles. The molecule has 0 saturated carbocycles. The highest BCUT2D eigenvalue weighted by atomic mass is 35.5. The number of rotatable bonds is 8. The maximum Gasteiger partial charge on any atom is 0.259 e. The fourth-order valence-electron chi connectivity index (χ4n) is 3.38. The molecule has 31 heavy (non-hydrogen) atoms. The van der Waals surface area contributed by atoms with Crippen LogP contribution in [0.4, 0.5) is 4.39 Å². The number of ether oxygens (including phenoxy) is 1. The van der Waals surface area contributed by atoms with E-state index < -0.39 is 0 Å². The molecule has 0 spiro atoms. The molecule has 0 aliphatic heterocycles. The second-order valence-electron chi connectivity index (χ2n) is 7.16. The number of nitrogens with zero attached hydrogens (tertiary/aromatic N) is 3. The van der Waals surface area contributed by atoms with E-state index in [0.29, 0.717) is 47.6 Å². The molecule has 2 aromatic carbocycles. The molecule has 0 atom stereocenters. The second kappa shape index (κ2) is 9.70. The highest BCUT2D eigenvalue weighted by Crippen LogP contribution is 2.24. The lowest BCUT2D eigenvalue weighted by molar-refractivity contribution is 0.139. The van der Waals surface area contributed by atoms with Crippen molar-refractivity contribution < 1.29 is 9.13 Å². The van der Waals surface area contributed by atoms with Crippen molar-refractivity contribution in [2.45, 2.75) is 13.1 Å². The van der Waals surface area contributed by atoms with Crippen molar-refractivity contribution in [2.24, 2.45) is 0 Å². The molecule has 0 aliphatic rings. The molecule has 0 amide bonds. The maximum atomic E-state index is 13.3. The van der Waals surface area contributed by atoms with E-state index in [0.717, 1.165) is 11.1 Å². The minimum Gasteiger partial charge on any atom is -0.383 e. The van der Waals surface area contributed by atoms with Crippen LogP contribution in [0.3, 0.4) is 0 Å². The highest BCUT2D eigenvalue weighted by Gasteiger charge is 2.14. The van der Waals surface area contributed by atoms with E-state index in [9.17, 15) is 9.18 Å². The van der Waals surface area contributed by atoms with Gasteiger partial charge in [-0.05, 0) is 47.5 Å². The lowest BCUT2D eigenvalue weighted by Crippen LogP contribution is -2.28. The Balaban J connectivity index is 1.61. The normalized spacial score (nSPS) is 11.5. The zero-order valence-electron chi connectivity index (χ0n) is 16.9. The summed E-state index contributed by atoms with van der Waals surface area (Å²) in [6.07, 6.45) is 0. The predicted molar refractivity (Wildman–Crippen MR) is 122 cm³/mol. The van der Waals surface area contributed by atoms with Crippen molar-refractivity contribution in [2.75, 3.05) is 20.3 Å². The van der Waals surface area contributed by atoms with Crippen molar-refractivity contribution in [3.63, 3.8) is 0 Å². The van der Waals surface area contributed by atoms with Gasteiger partial charge in [0, 0.05) is 43.2 Å².